The summed E-state index contributed by atoms with van der Waals surface area (Å²) in [6.07, 6.45) is 5.64. The Kier molecular flexibility index (Phi) is 4.78. The number of piperidine rings is 1. The molecule has 24 heavy (non-hydrogen) atoms. The quantitative estimate of drug-likeness (QED) is 0.881. The highest BCUT2D eigenvalue weighted by atomic mass is 16.6. The number of hydrogen-bond acceptors (Lipinski definition) is 6. The normalized spacial score (nSPS) is 21.3. The smallest absolute Gasteiger partial charge is 0.407 e. The van der Waals surface area contributed by atoms with Gasteiger partial charge in [-0.05, 0) is 46.5 Å². The maximum atomic E-state index is 12.0. The van der Waals surface area contributed by atoms with Crippen LogP contribution >= 0.6 is 0 Å². The molecule has 0 bridgehead atoms. The summed E-state index contributed by atoms with van der Waals surface area (Å²) in [5.74, 6) is 1.79. The molecule has 7 nitrogen and oxygen atoms in total. The molecular formula is C17H27N5O2. The molecular weight excluding hydrogens is 306 g/mol. The van der Waals surface area contributed by atoms with Gasteiger partial charge in [-0.1, -0.05) is 0 Å². The average Bonchev–Trinajstić information content (AvgIpc) is 3.30. The summed E-state index contributed by atoms with van der Waals surface area (Å²) in [4.78, 5) is 22.8. The minimum Gasteiger partial charge on any atom is -0.444 e. The fraction of sp³-hybridized carbons (Fsp3) is 0.706. The zero-order valence-electron chi connectivity index (χ0n) is 14.7. The number of carbonyl (C=O) groups excluding carboxylic acids is 1. The van der Waals surface area contributed by atoms with Crippen LogP contribution in [0.4, 0.5) is 16.4 Å². The summed E-state index contributed by atoms with van der Waals surface area (Å²) in [5.41, 5.74) is -0.478. The molecule has 1 atom stereocenters. The molecule has 1 saturated carbocycles. The molecule has 2 fully saturated rings. The summed E-state index contributed by atoms with van der Waals surface area (Å²) in [6, 6.07) is 2.63. The maximum Gasteiger partial charge on any atom is 0.407 e. The number of anilines is 2. The molecule has 0 radical (unpaired) electrons. The third-order valence-electron chi connectivity index (χ3n) is 4.05. The van der Waals surface area contributed by atoms with Gasteiger partial charge < -0.3 is 20.3 Å². The topological polar surface area (TPSA) is 79.4 Å². The zero-order chi connectivity index (χ0) is 17.2. The molecule has 2 N–H and O–H groups in total. The summed E-state index contributed by atoms with van der Waals surface area (Å²) >= 11 is 0. The predicted molar refractivity (Wildman–Crippen MR) is 93.3 cm³/mol. The van der Waals surface area contributed by atoms with Crippen LogP contribution in [0.15, 0.2) is 12.4 Å². The molecule has 2 aliphatic rings. The summed E-state index contributed by atoms with van der Waals surface area (Å²) < 4.78 is 5.35. The molecule has 1 aromatic rings. The molecule has 0 spiro atoms. The number of carbonyl (C=O) groups is 1. The SMILES string of the molecule is CC(C)(C)OC(=O)N[C@@H]1CCCN(c2cc(NC3CC3)ncn2)C1. The lowest BCUT2D eigenvalue weighted by atomic mass is 10.1. The van der Waals surface area contributed by atoms with Crippen molar-refractivity contribution in [2.45, 2.75) is 64.1 Å². The molecule has 132 valence electrons. The number of ether oxygens (including phenoxy) is 1. The first-order valence-electron chi connectivity index (χ1n) is 8.72. The third kappa shape index (κ3) is 4.97. The third-order valence-corrected chi connectivity index (χ3v) is 4.05. The van der Waals surface area contributed by atoms with Gasteiger partial charge in [0, 0.05) is 31.2 Å². The Labute approximate surface area is 143 Å². The molecule has 1 aliphatic heterocycles. The van der Waals surface area contributed by atoms with Gasteiger partial charge in [0.25, 0.3) is 0 Å². The van der Waals surface area contributed by atoms with E-state index in [2.05, 4.69) is 25.5 Å². The Morgan fingerprint density at radius 2 is 2.04 bits per heavy atom. The van der Waals surface area contributed by atoms with E-state index in [1.165, 1.54) is 12.8 Å². The van der Waals surface area contributed by atoms with Gasteiger partial charge in [0.15, 0.2) is 0 Å². The van der Waals surface area contributed by atoms with Crippen molar-refractivity contribution in [3.8, 4) is 0 Å². The van der Waals surface area contributed by atoms with Crippen LogP contribution < -0.4 is 15.5 Å². The molecule has 3 rings (SSSR count). The van der Waals surface area contributed by atoms with E-state index in [1.807, 2.05) is 26.8 Å². The van der Waals surface area contributed by atoms with Crippen molar-refractivity contribution in [2.75, 3.05) is 23.3 Å². The monoisotopic (exact) mass is 333 g/mol. The minimum absolute atomic E-state index is 0.0726. The van der Waals surface area contributed by atoms with Crippen molar-refractivity contribution in [2.24, 2.45) is 0 Å². The largest absolute Gasteiger partial charge is 0.444 e. The van der Waals surface area contributed by atoms with Gasteiger partial charge in [0.1, 0.15) is 23.6 Å². The first-order chi connectivity index (χ1) is 11.4. The van der Waals surface area contributed by atoms with E-state index < -0.39 is 5.60 Å². The van der Waals surface area contributed by atoms with Gasteiger partial charge in [-0.15, -0.1) is 0 Å². The zero-order valence-corrected chi connectivity index (χ0v) is 14.7. The fourth-order valence-corrected chi connectivity index (χ4v) is 2.81. The summed E-state index contributed by atoms with van der Waals surface area (Å²) in [6.45, 7) is 7.28. The Hall–Kier alpha value is -2.05. The number of amides is 1. The van der Waals surface area contributed by atoms with Crippen LogP contribution in [0, 0.1) is 0 Å². The number of nitrogens with zero attached hydrogens (tertiary/aromatic N) is 3. The molecule has 7 heteroatoms. The highest BCUT2D eigenvalue weighted by Gasteiger charge is 2.26. The van der Waals surface area contributed by atoms with E-state index in [1.54, 1.807) is 6.33 Å². The molecule has 0 aromatic carbocycles. The van der Waals surface area contributed by atoms with Crippen LogP contribution in [0.3, 0.4) is 0 Å². The van der Waals surface area contributed by atoms with Crippen LogP contribution in [0.5, 0.6) is 0 Å². The highest BCUT2D eigenvalue weighted by molar-refractivity contribution is 5.68. The predicted octanol–water partition coefficient (Wildman–Crippen LogP) is 2.54. The van der Waals surface area contributed by atoms with Gasteiger partial charge in [-0.3, -0.25) is 0 Å². The van der Waals surface area contributed by atoms with Crippen LogP contribution in [-0.2, 0) is 4.74 Å². The van der Waals surface area contributed by atoms with Gasteiger partial charge in [0.05, 0.1) is 0 Å². The van der Waals surface area contributed by atoms with Crippen LogP contribution in [-0.4, -0.2) is 46.8 Å². The lowest BCUT2D eigenvalue weighted by molar-refractivity contribution is 0.0500. The van der Waals surface area contributed by atoms with Gasteiger partial charge in [-0.25, -0.2) is 14.8 Å². The van der Waals surface area contributed by atoms with Crippen molar-refractivity contribution >= 4 is 17.7 Å². The van der Waals surface area contributed by atoms with Crippen molar-refractivity contribution in [3.63, 3.8) is 0 Å². The van der Waals surface area contributed by atoms with Gasteiger partial charge in [-0.2, -0.15) is 0 Å². The van der Waals surface area contributed by atoms with Gasteiger partial charge in [0.2, 0.25) is 0 Å². The molecule has 1 aliphatic carbocycles. The second-order valence-electron chi connectivity index (χ2n) is 7.61. The maximum absolute atomic E-state index is 12.0. The lowest BCUT2D eigenvalue weighted by Gasteiger charge is -2.34. The Bertz CT molecular complexity index is 583. The molecule has 0 unspecified atom stereocenters. The van der Waals surface area contributed by atoms with E-state index in [0.29, 0.717) is 6.04 Å². The molecule has 1 amide bonds. The standard InChI is InChI=1S/C17H27N5O2/c1-17(2,3)24-16(23)21-13-5-4-8-22(10-13)15-9-14(18-11-19-15)20-12-6-7-12/h9,11-13H,4-8,10H2,1-3H3,(H,21,23)(H,18,19,20)/t13-/m1/s1. The molecule has 1 aromatic heterocycles. The van der Waals surface area contributed by atoms with Crippen molar-refractivity contribution < 1.29 is 9.53 Å². The van der Waals surface area contributed by atoms with Crippen molar-refractivity contribution in [1.82, 2.24) is 15.3 Å². The Morgan fingerprint density at radius 3 is 2.75 bits per heavy atom. The van der Waals surface area contributed by atoms with E-state index >= 15 is 0 Å². The van der Waals surface area contributed by atoms with Gasteiger partial charge >= 0.3 is 6.09 Å². The number of aromatic nitrogens is 2. The van der Waals surface area contributed by atoms with Crippen LogP contribution in [0.2, 0.25) is 0 Å². The number of alkyl carbamates (subject to hydrolysis) is 1. The van der Waals surface area contributed by atoms with Crippen molar-refractivity contribution in [1.29, 1.82) is 0 Å². The minimum atomic E-state index is -0.478. The highest BCUT2D eigenvalue weighted by Crippen LogP contribution is 2.25. The molecule has 1 saturated heterocycles. The fourth-order valence-electron chi connectivity index (χ4n) is 2.81. The average molecular weight is 333 g/mol. The van der Waals surface area contributed by atoms with E-state index in [9.17, 15) is 4.79 Å². The van der Waals surface area contributed by atoms with Crippen LogP contribution in [0.25, 0.3) is 0 Å². The number of hydrogen-bond donors (Lipinski definition) is 2. The Balaban J connectivity index is 1.57. The van der Waals surface area contributed by atoms with Crippen LogP contribution in [0.1, 0.15) is 46.5 Å². The first kappa shape index (κ1) is 16.8. The number of nitrogens with one attached hydrogen (secondary N) is 2. The molecule has 2 heterocycles. The Morgan fingerprint density at radius 1 is 1.25 bits per heavy atom. The summed E-state index contributed by atoms with van der Waals surface area (Å²) in [7, 11) is 0. The van der Waals surface area contributed by atoms with E-state index in [4.69, 9.17) is 4.74 Å². The second-order valence-corrected chi connectivity index (χ2v) is 7.61. The summed E-state index contributed by atoms with van der Waals surface area (Å²) in [5, 5.41) is 6.37. The number of rotatable bonds is 4. The van der Waals surface area contributed by atoms with E-state index in [-0.39, 0.29) is 12.1 Å². The lowest BCUT2D eigenvalue weighted by Crippen LogP contribution is -2.49. The second kappa shape index (κ2) is 6.83. The van der Waals surface area contributed by atoms with E-state index in [0.717, 1.165) is 37.6 Å². The first-order valence-corrected chi connectivity index (χ1v) is 8.72. The van der Waals surface area contributed by atoms with Crippen molar-refractivity contribution in [3.05, 3.63) is 12.4 Å².